The maximum Gasteiger partial charge on any atom is 0.221 e. The molecule has 3 N–H and O–H groups in total. The first-order valence-corrected chi connectivity index (χ1v) is 9.19. The van der Waals surface area contributed by atoms with Crippen LogP contribution in [0.15, 0.2) is 5.16 Å². The lowest BCUT2D eigenvalue weighted by atomic mass is 10.1. The van der Waals surface area contributed by atoms with Gasteiger partial charge in [-0.25, -0.2) is 0 Å². The predicted molar refractivity (Wildman–Crippen MR) is 88.7 cm³/mol. The summed E-state index contributed by atoms with van der Waals surface area (Å²) in [5.74, 6) is 1.78. The van der Waals surface area contributed by atoms with Gasteiger partial charge in [0.05, 0.1) is 0 Å². The molecule has 1 amide bonds. The van der Waals surface area contributed by atoms with Crippen LogP contribution in [-0.2, 0) is 18.3 Å². The minimum atomic E-state index is 0.156. The van der Waals surface area contributed by atoms with Crippen molar-refractivity contribution in [3.05, 3.63) is 5.82 Å². The highest BCUT2D eigenvalue weighted by Crippen LogP contribution is 2.19. The molecule has 0 atom stereocenters. The Morgan fingerprint density at radius 3 is 2.73 bits per heavy atom. The molecule has 1 heterocycles. The Labute approximate surface area is 136 Å². The van der Waals surface area contributed by atoms with E-state index in [0.29, 0.717) is 19.0 Å². The smallest absolute Gasteiger partial charge is 0.221 e. The Kier molecular flexibility index (Phi) is 7.18. The van der Waals surface area contributed by atoms with E-state index in [2.05, 4.69) is 15.5 Å². The number of aromatic nitrogens is 3. The van der Waals surface area contributed by atoms with Crippen LogP contribution in [0.25, 0.3) is 0 Å². The standard InChI is InChI=1S/C15H27N5OS/c1-20-13(8-10-16)18-19-15(20)22-11-9-14(21)17-12-6-4-2-3-5-7-12/h12H,2-11,16H2,1H3,(H,17,21). The molecule has 22 heavy (non-hydrogen) atoms. The number of nitrogens with one attached hydrogen (secondary N) is 1. The lowest BCUT2D eigenvalue weighted by molar-refractivity contribution is -0.121. The number of rotatable bonds is 7. The summed E-state index contributed by atoms with van der Waals surface area (Å²) < 4.78 is 1.96. The van der Waals surface area contributed by atoms with Crippen molar-refractivity contribution in [3.8, 4) is 0 Å². The van der Waals surface area contributed by atoms with E-state index in [1.165, 1.54) is 25.7 Å². The van der Waals surface area contributed by atoms with Gasteiger partial charge in [-0.1, -0.05) is 37.4 Å². The van der Waals surface area contributed by atoms with E-state index in [4.69, 9.17) is 5.73 Å². The van der Waals surface area contributed by atoms with Gasteiger partial charge in [-0.15, -0.1) is 10.2 Å². The van der Waals surface area contributed by atoms with Gasteiger partial charge in [-0.05, 0) is 19.4 Å². The van der Waals surface area contributed by atoms with E-state index in [1.807, 2.05) is 11.6 Å². The molecule has 0 spiro atoms. The van der Waals surface area contributed by atoms with Gasteiger partial charge in [-0.2, -0.15) is 0 Å². The van der Waals surface area contributed by atoms with Crippen molar-refractivity contribution in [1.82, 2.24) is 20.1 Å². The highest BCUT2D eigenvalue weighted by molar-refractivity contribution is 7.99. The van der Waals surface area contributed by atoms with Gasteiger partial charge in [-0.3, -0.25) is 4.79 Å². The average molecular weight is 325 g/mol. The van der Waals surface area contributed by atoms with E-state index >= 15 is 0 Å². The molecule has 1 aliphatic rings. The summed E-state index contributed by atoms with van der Waals surface area (Å²) in [6, 6.07) is 0.381. The van der Waals surface area contributed by atoms with Gasteiger partial charge >= 0.3 is 0 Å². The largest absolute Gasteiger partial charge is 0.353 e. The second kappa shape index (κ2) is 9.15. The summed E-state index contributed by atoms with van der Waals surface area (Å²) in [4.78, 5) is 12.0. The molecule has 1 aliphatic carbocycles. The van der Waals surface area contributed by atoms with Crippen LogP contribution in [0.4, 0.5) is 0 Å². The van der Waals surface area contributed by atoms with Crippen LogP contribution in [0.2, 0.25) is 0 Å². The highest BCUT2D eigenvalue weighted by atomic mass is 32.2. The highest BCUT2D eigenvalue weighted by Gasteiger charge is 2.15. The van der Waals surface area contributed by atoms with Crippen molar-refractivity contribution in [1.29, 1.82) is 0 Å². The molecule has 1 fully saturated rings. The Bertz CT molecular complexity index is 468. The number of amides is 1. The summed E-state index contributed by atoms with van der Waals surface area (Å²) >= 11 is 1.58. The molecule has 124 valence electrons. The zero-order chi connectivity index (χ0) is 15.8. The predicted octanol–water partition coefficient (Wildman–Crippen LogP) is 1.64. The number of carbonyl (C=O) groups excluding carboxylic acids is 1. The quantitative estimate of drug-likeness (QED) is 0.588. The Hall–Kier alpha value is -1.08. The van der Waals surface area contributed by atoms with Crippen molar-refractivity contribution < 1.29 is 4.79 Å². The van der Waals surface area contributed by atoms with E-state index in [-0.39, 0.29) is 5.91 Å². The lowest BCUT2D eigenvalue weighted by Crippen LogP contribution is -2.34. The van der Waals surface area contributed by atoms with Crippen molar-refractivity contribution in [2.45, 2.75) is 62.6 Å². The van der Waals surface area contributed by atoms with E-state index in [0.717, 1.165) is 36.0 Å². The van der Waals surface area contributed by atoms with Crippen molar-refractivity contribution in [2.24, 2.45) is 12.8 Å². The molecule has 0 aliphatic heterocycles. The van der Waals surface area contributed by atoms with Crippen molar-refractivity contribution in [2.75, 3.05) is 12.3 Å². The number of hydrogen-bond donors (Lipinski definition) is 2. The first-order valence-electron chi connectivity index (χ1n) is 8.21. The first-order chi connectivity index (χ1) is 10.7. The second-order valence-electron chi connectivity index (χ2n) is 5.85. The molecular formula is C15H27N5OS. The van der Waals surface area contributed by atoms with Crippen LogP contribution >= 0.6 is 11.8 Å². The number of hydrogen-bond acceptors (Lipinski definition) is 5. The number of nitrogens with zero attached hydrogens (tertiary/aromatic N) is 3. The minimum absolute atomic E-state index is 0.156. The van der Waals surface area contributed by atoms with Gasteiger partial charge in [0.2, 0.25) is 5.91 Å². The number of carbonyl (C=O) groups is 1. The zero-order valence-electron chi connectivity index (χ0n) is 13.4. The fourth-order valence-electron chi connectivity index (χ4n) is 2.78. The topological polar surface area (TPSA) is 85.8 Å². The van der Waals surface area contributed by atoms with Gasteiger partial charge in [0.25, 0.3) is 0 Å². The van der Waals surface area contributed by atoms with Crippen LogP contribution in [0.5, 0.6) is 0 Å². The zero-order valence-corrected chi connectivity index (χ0v) is 14.2. The minimum Gasteiger partial charge on any atom is -0.353 e. The van der Waals surface area contributed by atoms with Gasteiger partial charge < -0.3 is 15.6 Å². The molecule has 1 aromatic rings. The SMILES string of the molecule is Cn1c(CCN)nnc1SCCC(=O)NC1CCCCCC1. The number of nitrogens with two attached hydrogens (primary N) is 1. The first kappa shape index (κ1) is 17.3. The molecule has 0 aromatic carbocycles. The van der Waals surface area contributed by atoms with Crippen molar-refractivity contribution >= 4 is 17.7 Å². The third-order valence-electron chi connectivity index (χ3n) is 4.07. The van der Waals surface area contributed by atoms with E-state index in [9.17, 15) is 4.79 Å². The monoisotopic (exact) mass is 325 g/mol. The Morgan fingerprint density at radius 1 is 1.32 bits per heavy atom. The summed E-state index contributed by atoms with van der Waals surface area (Å²) in [5.41, 5.74) is 5.54. The molecule has 2 rings (SSSR count). The van der Waals surface area contributed by atoms with E-state index < -0.39 is 0 Å². The molecular weight excluding hydrogens is 298 g/mol. The molecule has 1 saturated carbocycles. The van der Waals surface area contributed by atoms with Gasteiger partial charge in [0.15, 0.2) is 5.16 Å². The Balaban J connectivity index is 1.70. The molecule has 1 aromatic heterocycles. The van der Waals surface area contributed by atoms with Crippen molar-refractivity contribution in [3.63, 3.8) is 0 Å². The molecule has 0 saturated heterocycles. The Morgan fingerprint density at radius 2 is 2.05 bits per heavy atom. The van der Waals surface area contributed by atoms with Crippen LogP contribution in [-0.4, -0.2) is 39.0 Å². The van der Waals surface area contributed by atoms with Gasteiger partial charge in [0.1, 0.15) is 5.82 Å². The molecule has 0 bridgehead atoms. The summed E-state index contributed by atoms with van der Waals surface area (Å²) in [6.07, 6.45) is 8.60. The lowest BCUT2D eigenvalue weighted by Gasteiger charge is -2.15. The molecule has 0 radical (unpaired) electrons. The third kappa shape index (κ3) is 5.28. The summed E-state index contributed by atoms with van der Waals surface area (Å²) in [7, 11) is 1.94. The maximum absolute atomic E-state index is 12.0. The second-order valence-corrected chi connectivity index (χ2v) is 6.91. The average Bonchev–Trinajstić information content (AvgIpc) is 2.70. The maximum atomic E-state index is 12.0. The van der Waals surface area contributed by atoms with Crippen LogP contribution in [0.3, 0.4) is 0 Å². The summed E-state index contributed by atoms with van der Waals surface area (Å²) in [6.45, 7) is 0.570. The number of thioether (sulfide) groups is 1. The third-order valence-corrected chi connectivity index (χ3v) is 5.10. The molecule has 7 heteroatoms. The molecule has 0 unspecified atom stereocenters. The van der Waals surface area contributed by atoms with E-state index in [1.54, 1.807) is 11.8 Å². The van der Waals surface area contributed by atoms with Crippen LogP contribution < -0.4 is 11.1 Å². The van der Waals surface area contributed by atoms with Crippen LogP contribution in [0, 0.1) is 0 Å². The molecule has 6 nitrogen and oxygen atoms in total. The fraction of sp³-hybridized carbons (Fsp3) is 0.800. The van der Waals surface area contributed by atoms with Crippen LogP contribution in [0.1, 0.15) is 50.8 Å². The van der Waals surface area contributed by atoms with Gasteiger partial charge in [0, 0.05) is 31.7 Å². The summed E-state index contributed by atoms with van der Waals surface area (Å²) in [5, 5.41) is 12.3. The normalized spacial score (nSPS) is 16.5. The fourth-order valence-corrected chi connectivity index (χ4v) is 3.64.